The molecule has 0 aromatic heterocycles. The molecule has 0 radical (unpaired) electrons. The second-order valence-electron chi connectivity index (χ2n) is 3.95. The van der Waals surface area contributed by atoms with Gasteiger partial charge in [-0.15, -0.1) is 0 Å². The average molecular weight is 280 g/mol. The topological polar surface area (TPSA) is 78.4 Å². The molecule has 0 aliphatic heterocycles. The van der Waals surface area contributed by atoms with Crippen LogP contribution in [0, 0.1) is 21.7 Å². The van der Waals surface area contributed by atoms with Gasteiger partial charge in [-0.3, -0.25) is 10.1 Å². The fraction of sp³-hybridized carbons (Fsp3) is 0.0769. The molecular formula is C13H10F2N2O3. The Morgan fingerprint density at radius 1 is 1.15 bits per heavy atom. The molecule has 2 aromatic carbocycles. The molecule has 0 aliphatic rings. The molecule has 2 aromatic rings. The van der Waals surface area contributed by atoms with Crippen molar-refractivity contribution in [2.24, 2.45) is 5.73 Å². The second kappa shape index (κ2) is 5.62. The van der Waals surface area contributed by atoms with Crippen molar-refractivity contribution >= 4 is 5.69 Å². The summed E-state index contributed by atoms with van der Waals surface area (Å²) in [4.78, 5) is 9.58. The first kappa shape index (κ1) is 13.9. The summed E-state index contributed by atoms with van der Waals surface area (Å²) in [6, 6.07) is 7.51. The van der Waals surface area contributed by atoms with Gasteiger partial charge in [0, 0.05) is 6.54 Å². The van der Waals surface area contributed by atoms with E-state index < -0.39 is 28.0 Å². The molecule has 0 spiro atoms. The first-order chi connectivity index (χ1) is 9.51. The van der Waals surface area contributed by atoms with Crippen molar-refractivity contribution in [3.8, 4) is 11.5 Å². The van der Waals surface area contributed by atoms with E-state index in [9.17, 15) is 18.9 Å². The van der Waals surface area contributed by atoms with Crippen molar-refractivity contribution in [1.82, 2.24) is 0 Å². The number of rotatable bonds is 4. The number of nitrogens with zero attached hydrogens (tertiary/aromatic N) is 1. The molecule has 0 saturated carbocycles. The zero-order valence-electron chi connectivity index (χ0n) is 10.2. The zero-order chi connectivity index (χ0) is 14.7. The summed E-state index contributed by atoms with van der Waals surface area (Å²) < 4.78 is 32.3. The minimum absolute atomic E-state index is 0.203. The second-order valence-corrected chi connectivity index (χ2v) is 3.95. The molecule has 104 valence electrons. The Bertz CT molecular complexity index is 622. The van der Waals surface area contributed by atoms with Gasteiger partial charge in [-0.05, 0) is 17.7 Å². The summed E-state index contributed by atoms with van der Waals surface area (Å²) in [5, 5.41) is 10.5. The van der Waals surface area contributed by atoms with E-state index in [1.54, 1.807) is 12.1 Å². The van der Waals surface area contributed by atoms with Crippen molar-refractivity contribution in [1.29, 1.82) is 0 Å². The number of nitro groups is 1. The number of hydrogen-bond acceptors (Lipinski definition) is 4. The zero-order valence-corrected chi connectivity index (χ0v) is 10.2. The van der Waals surface area contributed by atoms with Crippen molar-refractivity contribution in [2.75, 3.05) is 0 Å². The average Bonchev–Trinajstić information content (AvgIpc) is 2.43. The molecule has 2 N–H and O–H groups in total. The Labute approximate surface area is 112 Å². The van der Waals surface area contributed by atoms with Crippen molar-refractivity contribution in [3.63, 3.8) is 0 Å². The molecule has 0 saturated heterocycles. The third-order valence-corrected chi connectivity index (χ3v) is 2.57. The number of ether oxygens (including phenoxy) is 1. The van der Waals surface area contributed by atoms with Gasteiger partial charge in [-0.25, -0.2) is 8.78 Å². The van der Waals surface area contributed by atoms with E-state index in [-0.39, 0.29) is 5.75 Å². The van der Waals surface area contributed by atoms with Crippen LogP contribution in [-0.2, 0) is 6.54 Å². The van der Waals surface area contributed by atoms with Crippen LogP contribution in [0.4, 0.5) is 14.5 Å². The summed E-state index contributed by atoms with van der Waals surface area (Å²) in [6.07, 6.45) is 0. The highest BCUT2D eigenvalue weighted by molar-refractivity contribution is 5.41. The van der Waals surface area contributed by atoms with Gasteiger partial charge in [0.25, 0.3) is 5.69 Å². The molecule has 0 bridgehead atoms. The Kier molecular flexibility index (Phi) is 3.90. The highest BCUT2D eigenvalue weighted by Crippen LogP contribution is 2.30. The summed E-state index contributed by atoms with van der Waals surface area (Å²) in [6.45, 7) is 0.334. The van der Waals surface area contributed by atoms with Gasteiger partial charge in [0.15, 0.2) is 17.4 Å². The summed E-state index contributed by atoms with van der Waals surface area (Å²) >= 11 is 0. The standard InChI is InChI=1S/C13H10F2N2O3/c14-11-5-9(17(18)19)6-12(15)13(11)20-10-3-1-8(7-16)2-4-10/h1-6H,7,16H2. The fourth-order valence-corrected chi connectivity index (χ4v) is 1.56. The van der Waals surface area contributed by atoms with Gasteiger partial charge >= 0.3 is 0 Å². The van der Waals surface area contributed by atoms with E-state index in [4.69, 9.17) is 10.5 Å². The Hall–Kier alpha value is -2.54. The molecule has 5 nitrogen and oxygen atoms in total. The summed E-state index contributed by atoms with van der Waals surface area (Å²) in [7, 11) is 0. The SMILES string of the molecule is NCc1ccc(Oc2c(F)cc([N+](=O)[O-])cc2F)cc1. The van der Waals surface area contributed by atoms with E-state index in [1.807, 2.05) is 0 Å². The van der Waals surface area contributed by atoms with Crippen molar-refractivity contribution in [3.05, 3.63) is 63.7 Å². The van der Waals surface area contributed by atoms with Crippen LogP contribution < -0.4 is 10.5 Å². The minimum atomic E-state index is -1.14. The lowest BCUT2D eigenvalue weighted by Gasteiger charge is -2.08. The van der Waals surface area contributed by atoms with Gasteiger partial charge < -0.3 is 10.5 Å². The van der Waals surface area contributed by atoms with E-state index in [0.29, 0.717) is 18.7 Å². The molecule has 0 atom stereocenters. The van der Waals surface area contributed by atoms with Gasteiger partial charge in [0.2, 0.25) is 0 Å². The fourth-order valence-electron chi connectivity index (χ4n) is 1.56. The number of halogens is 2. The van der Waals surface area contributed by atoms with Crippen molar-refractivity contribution in [2.45, 2.75) is 6.54 Å². The smallest absolute Gasteiger partial charge is 0.275 e. The molecule has 0 amide bonds. The number of non-ortho nitro benzene ring substituents is 1. The van der Waals surface area contributed by atoms with E-state index >= 15 is 0 Å². The van der Waals surface area contributed by atoms with Crippen LogP contribution in [0.15, 0.2) is 36.4 Å². The van der Waals surface area contributed by atoms with Crippen LogP contribution in [-0.4, -0.2) is 4.92 Å². The van der Waals surface area contributed by atoms with Crippen LogP contribution >= 0.6 is 0 Å². The third-order valence-electron chi connectivity index (χ3n) is 2.57. The number of nitro benzene ring substituents is 1. The molecule has 20 heavy (non-hydrogen) atoms. The maximum Gasteiger partial charge on any atom is 0.275 e. The van der Waals surface area contributed by atoms with Crippen LogP contribution in [0.2, 0.25) is 0 Å². The number of nitrogens with two attached hydrogens (primary N) is 1. The number of hydrogen-bond donors (Lipinski definition) is 1. The Morgan fingerprint density at radius 2 is 1.70 bits per heavy atom. The largest absolute Gasteiger partial charge is 0.451 e. The van der Waals surface area contributed by atoms with Crippen LogP contribution in [0.1, 0.15) is 5.56 Å². The number of benzene rings is 2. The molecule has 7 heteroatoms. The third kappa shape index (κ3) is 2.89. The van der Waals surface area contributed by atoms with E-state index in [1.165, 1.54) is 12.1 Å². The molecule has 0 heterocycles. The van der Waals surface area contributed by atoms with Crippen LogP contribution in [0.3, 0.4) is 0 Å². The first-order valence-electron chi connectivity index (χ1n) is 5.61. The van der Waals surface area contributed by atoms with Crippen LogP contribution in [0.5, 0.6) is 11.5 Å². The molecule has 2 rings (SSSR count). The molecule has 0 fully saturated rings. The highest BCUT2D eigenvalue weighted by atomic mass is 19.1. The first-order valence-corrected chi connectivity index (χ1v) is 5.61. The predicted octanol–water partition coefficient (Wildman–Crippen LogP) is 3.12. The lowest BCUT2D eigenvalue weighted by molar-refractivity contribution is -0.385. The highest BCUT2D eigenvalue weighted by Gasteiger charge is 2.18. The predicted molar refractivity (Wildman–Crippen MR) is 67.4 cm³/mol. The molecule has 0 unspecified atom stereocenters. The van der Waals surface area contributed by atoms with Gasteiger partial charge in [0.05, 0.1) is 17.1 Å². The van der Waals surface area contributed by atoms with Crippen LogP contribution in [0.25, 0.3) is 0 Å². The van der Waals surface area contributed by atoms with Gasteiger partial charge in [0.1, 0.15) is 5.75 Å². The lowest BCUT2D eigenvalue weighted by Crippen LogP contribution is -1.98. The van der Waals surface area contributed by atoms with Crippen molar-refractivity contribution < 1.29 is 18.4 Å². The Balaban J connectivity index is 2.30. The lowest BCUT2D eigenvalue weighted by atomic mass is 10.2. The van der Waals surface area contributed by atoms with E-state index in [2.05, 4.69) is 0 Å². The summed E-state index contributed by atoms with van der Waals surface area (Å²) in [5.74, 6) is -2.76. The Morgan fingerprint density at radius 3 is 2.15 bits per heavy atom. The maximum atomic E-state index is 13.6. The minimum Gasteiger partial charge on any atom is -0.451 e. The monoisotopic (exact) mass is 280 g/mol. The van der Waals surface area contributed by atoms with Gasteiger partial charge in [-0.2, -0.15) is 0 Å². The van der Waals surface area contributed by atoms with Gasteiger partial charge in [-0.1, -0.05) is 12.1 Å². The maximum absolute atomic E-state index is 13.6. The molecule has 0 aliphatic carbocycles. The summed E-state index contributed by atoms with van der Waals surface area (Å²) in [5.41, 5.74) is 5.58. The molecular weight excluding hydrogens is 270 g/mol. The quantitative estimate of drug-likeness (QED) is 0.689. The van der Waals surface area contributed by atoms with E-state index in [0.717, 1.165) is 5.56 Å². The normalized spacial score (nSPS) is 10.3.